The lowest BCUT2D eigenvalue weighted by molar-refractivity contribution is -0.137. The highest BCUT2D eigenvalue weighted by Gasteiger charge is 2.43. The van der Waals surface area contributed by atoms with E-state index in [1.165, 1.54) is 24.4 Å². The Bertz CT molecular complexity index is 1310. The molecular weight excluding hydrogens is 489 g/mol. The molecule has 1 aromatic carbocycles. The number of aromatic nitrogens is 3. The van der Waals surface area contributed by atoms with Crippen molar-refractivity contribution < 1.29 is 32.3 Å². The van der Waals surface area contributed by atoms with E-state index in [-0.39, 0.29) is 47.7 Å². The summed E-state index contributed by atoms with van der Waals surface area (Å²) in [5.74, 6) is 0.0881. The molecule has 0 radical (unpaired) electrons. The molecule has 3 fully saturated rings. The van der Waals surface area contributed by atoms with Gasteiger partial charge in [-0.15, -0.1) is 0 Å². The largest absolute Gasteiger partial charge is 0.477 e. The second-order valence-corrected chi connectivity index (χ2v) is 9.94. The molecule has 0 spiro atoms. The minimum atomic E-state index is -4.51. The summed E-state index contributed by atoms with van der Waals surface area (Å²) in [6.07, 6.45) is 1.88. The molecule has 3 aliphatic rings. The topological polar surface area (TPSA) is 102 Å². The highest BCUT2D eigenvalue weighted by atomic mass is 19.4. The summed E-state index contributed by atoms with van der Waals surface area (Å²) in [7, 11) is 0. The molecule has 1 aliphatic carbocycles. The summed E-state index contributed by atoms with van der Waals surface area (Å²) in [6.45, 7) is 0.117. The maximum atomic E-state index is 13.7. The number of alkyl halides is 3. The number of hydrogen-bond donors (Lipinski definition) is 1. The number of carboxylic acids is 1. The van der Waals surface area contributed by atoms with Crippen LogP contribution in [0.4, 0.5) is 19.1 Å². The van der Waals surface area contributed by atoms with Crippen LogP contribution in [0.15, 0.2) is 41.1 Å². The van der Waals surface area contributed by atoms with Crippen molar-refractivity contribution in [1.82, 2.24) is 15.1 Å². The molecule has 1 N–H and O–H groups in total. The van der Waals surface area contributed by atoms with Gasteiger partial charge in [0.15, 0.2) is 5.69 Å². The Balaban J connectivity index is 1.22. The van der Waals surface area contributed by atoms with Gasteiger partial charge >= 0.3 is 12.1 Å². The SMILES string of the molecule is O=C(O)c1ccnc(N2[C@@H]3CC[C@H]2CC(OCc2c(-c4ccccc4C(F)(F)F)noc2C2CC2)C3)n1. The fourth-order valence-corrected chi connectivity index (χ4v) is 5.66. The second kappa shape index (κ2) is 9.13. The van der Waals surface area contributed by atoms with E-state index in [0.29, 0.717) is 30.1 Å². The standard InChI is InChI=1S/C26H25F3N4O4/c27-26(28,29)20-4-2-1-3-18(20)22-19(23(37-32-22)14-5-6-14)13-36-17-11-15-7-8-16(12-17)33(15)25-30-10-9-21(31-25)24(34)35/h1-4,9-10,14-17H,5-8,11-13H2,(H,34,35)/t15-,16+,17?. The Morgan fingerprint density at radius 3 is 2.51 bits per heavy atom. The zero-order valence-corrected chi connectivity index (χ0v) is 19.8. The van der Waals surface area contributed by atoms with Crippen molar-refractivity contribution in [3.05, 3.63) is 59.1 Å². The van der Waals surface area contributed by atoms with E-state index >= 15 is 0 Å². The number of rotatable bonds is 7. The summed E-state index contributed by atoms with van der Waals surface area (Å²) in [5, 5.41) is 13.4. The van der Waals surface area contributed by atoms with E-state index in [9.17, 15) is 23.1 Å². The average molecular weight is 515 g/mol. The molecule has 2 aliphatic heterocycles. The first-order chi connectivity index (χ1) is 17.8. The minimum absolute atomic E-state index is 0.00500. The fraction of sp³-hybridized carbons (Fsp3) is 0.462. The van der Waals surface area contributed by atoms with Crippen molar-refractivity contribution >= 4 is 11.9 Å². The first-order valence-corrected chi connectivity index (χ1v) is 12.4. The smallest absolute Gasteiger partial charge is 0.417 e. The third kappa shape index (κ3) is 4.56. The van der Waals surface area contributed by atoms with Crippen LogP contribution in [0.1, 0.15) is 71.8 Å². The highest BCUT2D eigenvalue weighted by Crippen LogP contribution is 2.46. The van der Waals surface area contributed by atoms with Crippen LogP contribution >= 0.6 is 0 Å². The number of anilines is 1. The molecule has 3 aromatic rings. The quantitative estimate of drug-likeness (QED) is 0.445. The maximum Gasteiger partial charge on any atom is 0.417 e. The first-order valence-electron chi connectivity index (χ1n) is 12.4. The number of carbonyl (C=O) groups is 1. The van der Waals surface area contributed by atoms with Crippen molar-refractivity contribution in [1.29, 1.82) is 0 Å². The molecular formula is C26H25F3N4O4. The molecule has 6 rings (SSSR count). The summed E-state index contributed by atoms with van der Waals surface area (Å²) in [6, 6.07) is 6.98. The van der Waals surface area contributed by atoms with E-state index < -0.39 is 17.7 Å². The Labute approximate surface area is 210 Å². The Morgan fingerprint density at radius 2 is 1.84 bits per heavy atom. The van der Waals surface area contributed by atoms with E-state index in [4.69, 9.17) is 9.26 Å². The van der Waals surface area contributed by atoms with Gasteiger partial charge in [-0.25, -0.2) is 14.8 Å². The fourth-order valence-electron chi connectivity index (χ4n) is 5.66. The molecule has 2 saturated heterocycles. The third-order valence-corrected chi connectivity index (χ3v) is 7.50. The molecule has 0 amide bonds. The van der Waals surface area contributed by atoms with Crippen molar-refractivity contribution in [3.63, 3.8) is 0 Å². The van der Waals surface area contributed by atoms with Crippen LogP contribution in [0.25, 0.3) is 11.3 Å². The number of piperidine rings is 1. The van der Waals surface area contributed by atoms with Gasteiger partial charge in [-0.05, 0) is 50.7 Å². The van der Waals surface area contributed by atoms with Crippen LogP contribution < -0.4 is 4.90 Å². The minimum Gasteiger partial charge on any atom is -0.477 e. The normalized spacial score (nSPS) is 23.4. The van der Waals surface area contributed by atoms with Gasteiger partial charge in [-0.1, -0.05) is 23.4 Å². The van der Waals surface area contributed by atoms with Crippen LogP contribution in [-0.2, 0) is 17.5 Å². The lowest BCUT2D eigenvalue weighted by Gasteiger charge is -2.38. The summed E-state index contributed by atoms with van der Waals surface area (Å²) < 4.78 is 53.1. The monoisotopic (exact) mass is 514 g/mol. The number of halogens is 3. The van der Waals surface area contributed by atoms with Gasteiger partial charge in [0.05, 0.1) is 18.3 Å². The molecule has 11 heteroatoms. The van der Waals surface area contributed by atoms with Gasteiger partial charge in [0.2, 0.25) is 5.95 Å². The number of ether oxygens (including phenoxy) is 1. The van der Waals surface area contributed by atoms with Crippen molar-refractivity contribution in [2.75, 3.05) is 4.90 Å². The van der Waals surface area contributed by atoms with Crippen molar-refractivity contribution in [2.45, 2.75) is 75.4 Å². The van der Waals surface area contributed by atoms with Gasteiger partial charge in [-0.2, -0.15) is 13.2 Å². The lowest BCUT2D eigenvalue weighted by Crippen LogP contribution is -2.46. The predicted molar refractivity (Wildman–Crippen MR) is 125 cm³/mol. The molecule has 37 heavy (non-hydrogen) atoms. The molecule has 4 heterocycles. The van der Waals surface area contributed by atoms with Gasteiger partial charge in [0.25, 0.3) is 0 Å². The molecule has 3 atom stereocenters. The Kier molecular flexibility index (Phi) is 5.89. The van der Waals surface area contributed by atoms with Gasteiger partial charge in [0.1, 0.15) is 11.5 Å². The highest BCUT2D eigenvalue weighted by molar-refractivity contribution is 5.85. The van der Waals surface area contributed by atoms with Gasteiger partial charge < -0.3 is 19.3 Å². The van der Waals surface area contributed by atoms with Gasteiger partial charge in [0, 0.05) is 35.3 Å². The summed E-state index contributed by atoms with van der Waals surface area (Å²) >= 11 is 0. The van der Waals surface area contributed by atoms with Gasteiger partial charge in [-0.3, -0.25) is 0 Å². The van der Waals surface area contributed by atoms with Crippen LogP contribution in [-0.4, -0.2) is 44.4 Å². The van der Waals surface area contributed by atoms with Crippen molar-refractivity contribution in [3.8, 4) is 11.3 Å². The Hall–Kier alpha value is -3.47. The zero-order chi connectivity index (χ0) is 25.7. The maximum absolute atomic E-state index is 13.7. The first kappa shape index (κ1) is 23.9. The molecule has 8 nitrogen and oxygen atoms in total. The van der Waals surface area contributed by atoms with Crippen LogP contribution in [0.5, 0.6) is 0 Å². The van der Waals surface area contributed by atoms with E-state index in [1.54, 1.807) is 6.07 Å². The number of benzene rings is 1. The number of nitrogens with zero attached hydrogens (tertiary/aromatic N) is 4. The van der Waals surface area contributed by atoms with Crippen molar-refractivity contribution in [2.24, 2.45) is 0 Å². The number of carboxylic acid groups (broad SMARTS) is 1. The van der Waals surface area contributed by atoms with Crippen LogP contribution in [0, 0.1) is 0 Å². The number of aromatic carboxylic acids is 1. The zero-order valence-electron chi connectivity index (χ0n) is 19.8. The second-order valence-electron chi connectivity index (χ2n) is 9.94. The Morgan fingerprint density at radius 1 is 1.11 bits per heavy atom. The predicted octanol–water partition coefficient (Wildman–Crippen LogP) is 5.44. The average Bonchev–Trinajstić information content (AvgIpc) is 3.58. The van der Waals surface area contributed by atoms with E-state index in [2.05, 4.69) is 20.0 Å². The van der Waals surface area contributed by atoms with Crippen LogP contribution in [0.3, 0.4) is 0 Å². The summed E-state index contributed by atoms with van der Waals surface area (Å²) in [4.78, 5) is 22.0. The molecule has 2 bridgehead atoms. The summed E-state index contributed by atoms with van der Waals surface area (Å²) in [5.41, 5.74) is -0.0217. The number of fused-ring (bicyclic) bond motifs is 2. The van der Waals surface area contributed by atoms with E-state index in [1.807, 2.05) is 0 Å². The van der Waals surface area contributed by atoms with E-state index in [0.717, 1.165) is 31.7 Å². The molecule has 2 aromatic heterocycles. The number of hydrogen-bond acceptors (Lipinski definition) is 7. The molecule has 1 saturated carbocycles. The molecule has 194 valence electrons. The molecule has 1 unspecified atom stereocenters. The van der Waals surface area contributed by atoms with Crippen LogP contribution in [0.2, 0.25) is 0 Å². The third-order valence-electron chi connectivity index (χ3n) is 7.50. The lowest BCUT2D eigenvalue weighted by atomic mass is 9.98.